The van der Waals surface area contributed by atoms with Crippen molar-refractivity contribution >= 4 is 44.2 Å². The van der Waals surface area contributed by atoms with Crippen molar-refractivity contribution in [2.24, 2.45) is 0 Å². The molecule has 24 heavy (non-hydrogen) atoms. The smallest absolute Gasteiger partial charge is 0.261 e. The van der Waals surface area contributed by atoms with Crippen molar-refractivity contribution in [1.29, 1.82) is 0 Å². The zero-order chi connectivity index (χ0) is 17.3. The van der Waals surface area contributed by atoms with Crippen LogP contribution in [-0.4, -0.2) is 39.1 Å². The fourth-order valence-corrected chi connectivity index (χ4v) is 3.41. The van der Waals surface area contributed by atoms with Crippen LogP contribution in [0.3, 0.4) is 0 Å². The lowest BCUT2D eigenvalue weighted by Crippen LogP contribution is -2.46. The van der Waals surface area contributed by atoms with Gasteiger partial charge < -0.3 is 10.4 Å². The first-order chi connectivity index (χ1) is 11.5. The average Bonchev–Trinajstić information content (AvgIpc) is 2.54. The first-order valence-electron chi connectivity index (χ1n) is 7.73. The molecule has 1 aliphatic heterocycles. The highest BCUT2D eigenvalue weighted by molar-refractivity contribution is 9.10. The number of aliphatic hydroxyl groups excluding tert-OH is 1. The number of benzene rings is 1. The molecule has 2 atom stereocenters. The van der Waals surface area contributed by atoms with Crippen LogP contribution in [-0.2, 0) is 11.3 Å². The zero-order valence-electron chi connectivity index (χ0n) is 12.8. The summed E-state index contributed by atoms with van der Waals surface area (Å²) in [5.41, 5.74) is 0.198. The minimum atomic E-state index is -0.521. The maximum Gasteiger partial charge on any atom is 0.261 e. The van der Waals surface area contributed by atoms with Gasteiger partial charge in [0.05, 0.1) is 34.9 Å². The molecule has 0 radical (unpaired) electrons. The standard InChI is InChI=1S/C16H17BrClN3O3/c17-11-5-10-13(6-12(11)18)20-8-21(16(10)24)7-9(22)4-14-15(23)2-1-3-19-14/h5-6,8,14-15,19,23H,1-4,7H2/t14-,15+/m0/s1. The molecule has 1 saturated heterocycles. The number of nitrogens with zero attached hydrogens (tertiary/aromatic N) is 2. The second-order valence-corrected chi connectivity index (χ2v) is 7.24. The predicted octanol–water partition coefficient (Wildman–Crippen LogP) is 1.88. The van der Waals surface area contributed by atoms with Gasteiger partial charge in [-0.05, 0) is 47.4 Å². The van der Waals surface area contributed by atoms with Crippen LogP contribution in [0.15, 0.2) is 27.7 Å². The fourth-order valence-electron chi connectivity index (χ4n) is 2.91. The number of rotatable bonds is 4. The van der Waals surface area contributed by atoms with Gasteiger partial charge in [-0.3, -0.25) is 14.2 Å². The Bertz CT molecular complexity index is 839. The molecule has 0 spiro atoms. The lowest BCUT2D eigenvalue weighted by atomic mass is 9.97. The molecule has 2 N–H and O–H groups in total. The van der Waals surface area contributed by atoms with Gasteiger partial charge in [0.2, 0.25) is 0 Å². The van der Waals surface area contributed by atoms with Gasteiger partial charge in [0.15, 0.2) is 5.78 Å². The second-order valence-electron chi connectivity index (χ2n) is 5.97. The van der Waals surface area contributed by atoms with E-state index in [2.05, 4.69) is 26.2 Å². The van der Waals surface area contributed by atoms with Gasteiger partial charge in [-0.1, -0.05) is 11.6 Å². The summed E-state index contributed by atoms with van der Waals surface area (Å²) >= 11 is 9.29. The van der Waals surface area contributed by atoms with E-state index in [1.165, 1.54) is 10.9 Å². The van der Waals surface area contributed by atoms with Crippen LogP contribution in [0.25, 0.3) is 10.9 Å². The summed E-state index contributed by atoms with van der Waals surface area (Å²) < 4.78 is 1.90. The van der Waals surface area contributed by atoms with E-state index in [1.54, 1.807) is 12.1 Å². The summed E-state index contributed by atoms with van der Waals surface area (Å²) in [5.74, 6) is -0.121. The van der Waals surface area contributed by atoms with Gasteiger partial charge in [-0.15, -0.1) is 0 Å². The number of ketones is 1. The second kappa shape index (κ2) is 7.31. The van der Waals surface area contributed by atoms with Crippen molar-refractivity contribution in [3.05, 3.63) is 38.3 Å². The van der Waals surface area contributed by atoms with Crippen molar-refractivity contribution < 1.29 is 9.90 Å². The Morgan fingerprint density at radius 3 is 3.04 bits per heavy atom. The number of piperidine rings is 1. The molecule has 0 amide bonds. The number of aromatic nitrogens is 2. The lowest BCUT2D eigenvalue weighted by molar-refractivity contribution is -0.121. The SMILES string of the molecule is O=C(C[C@@H]1NCCC[C@H]1O)Cn1cnc2cc(Cl)c(Br)cc2c1=O. The molecule has 128 valence electrons. The minimum Gasteiger partial charge on any atom is -0.391 e. The largest absolute Gasteiger partial charge is 0.391 e. The number of Topliss-reactive ketones (excluding diaryl/α,β-unsaturated/α-hetero) is 1. The van der Waals surface area contributed by atoms with Crippen molar-refractivity contribution in [3.63, 3.8) is 0 Å². The van der Waals surface area contributed by atoms with Crippen molar-refractivity contribution in [1.82, 2.24) is 14.9 Å². The Hall–Kier alpha value is -1.28. The average molecular weight is 415 g/mol. The molecular weight excluding hydrogens is 398 g/mol. The Morgan fingerprint density at radius 2 is 2.29 bits per heavy atom. The van der Waals surface area contributed by atoms with E-state index in [0.29, 0.717) is 26.8 Å². The first-order valence-corrected chi connectivity index (χ1v) is 8.90. The van der Waals surface area contributed by atoms with Crippen LogP contribution in [0.5, 0.6) is 0 Å². The first kappa shape index (κ1) is 17.5. The molecule has 1 fully saturated rings. The number of carbonyl (C=O) groups excluding carboxylic acids is 1. The zero-order valence-corrected chi connectivity index (χ0v) is 15.2. The summed E-state index contributed by atoms with van der Waals surface area (Å²) in [6, 6.07) is 2.97. The van der Waals surface area contributed by atoms with E-state index in [4.69, 9.17) is 11.6 Å². The van der Waals surface area contributed by atoms with Gasteiger partial charge in [-0.25, -0.2) is 4.98 Å². The van der Waals surface area contributed by atoms with E-state index in [-0.39, 0.29) is 30.3 Å². The highest BCUT2D eigenvalue weighted by Crippen LogP contribution is 2.25. The van der Waals surface area contributed by atoms with Crippen LogP contribution in [0, 0.1) is 0 Å². The van der Waals surface area contributed by atoms with Gasteiger partial charge in [0.25, 0.3) is 5.56 Å². The van der Waals surface area contributed by atoms with Gasteiger partial charge in [0.1, 0.15) is 0 Å². The molecule has 0 bridgehead atoms. The molecule has 8 heteroatoms. The van der Waals surface area contributed by atoms with Crippen LogP contribution in [0.4, 0.5) is 0 Å². The van der Waals surface area contributed by atoms with Crippen LogP contribution >= 0.6 is 27.5 Å². The quantitative estimate of drug-likeness (QED) is 0.798. The number of fused-ring (bicyclic) bond motifs is 1. The van der Waals surface area contributed by atoms with Crippen molar-refractivity contribution in [2.75, 3.05) is 6.54 Å². The Kier molecular flexibility index (Phi) is 5.34. The van der Waals surface area contributed by atoms with E-state index >= 15 is 0 Å². The Morgan fingerprint density at radius 1 is 1.50 bits per heavy atom. The number of hydrogen-bond acceptors (Lipinski definition) is 5. The molecule has 2 aromatic rings. The monoisotopic (exact) mass is 413 g/mol. The molecule has 1 aromatic carbocycles. The molecule has 1 aromatic heterocycles. The van der Waals surface area contributed by atoms with Crippen molar-refractivity contribution in [3.8, 4) is 0 Å². The van der Waals surface area contributed by atoms with Crippen LogP contribution < -0.4 is 10.9 Å². The summed E-state index contributed by atoms with van der Waals surface area (Å²) in [7, 11) is 0. The number of hydrogen-bond donors (Lipinski definition) is 2. The molecule has 0 saturated carbocycles. The maximum absolute atomic E-state index is 12.5. The maximum atomic E-state index is 12.5. The van der Waals surface area contributed by atoms with E-state index in [9.17, 15) is 14.7 Å². The summed E-state index contributed by atoms with van der Waals surface area (Å²) in [6.45, 7) is 0.730. The molecule has 1 aliphatic rings. The summed E-state index contributed by atoms with van der Waals surface area (Å²) in [4.78, 5) is 29.0. The molecular formula is C16H17BrClN3O3. The molecule has 6 nitrogen and oxygen atoms in total. The number of aliphatic hydroxyl groups is 1. The predicted molar refractivity (Wildman–Crippen MR) is 95.4 cm³/mol. The third-order valence-corrected chi connectivity index (χ3v) is 5.41. The third kappa shape index (κ3) is 3.69. The normalized spacial score (nSPS) is 21.1. The Labute approximate surface area is 152 Å². The van der Waals surface area contributed by atoms with Crippen LogP contribution in [0.1, 0.15) is 19.3 Å². The van der Waals surface area contributed by atoms with Gasteiger partial charge in [-0.2, -0.15) is 0 Å². The number of carbonyl (C=O) groups is 1. The Balaban J connectivity index is 1.79. The van der Waals surface area contributed by atoms with E-state index in [0.717, 1.165) is 13.0 Å². The topological polar surface area (TPSA) is 84.2 Å². The molecule has 0 unspecified atom stereocenters. The molecule has 2 heterocycles. The number of halogens is 2. The highest BCUT2D eigenvalue weighted by atomic mass is 79.9. The molecule has 0 aliphatic carbocycles. The lowest BCUT2D eigenvalue weighted by Gasteiger charge is -2.28. The van der Waals surface area contributed by atoms with Gasteiger partial charge in [0, 0.05) is 16.9 Å². The van der Waals surface area contributed by atoms with Crippen molar-refractivity contribution in [2.45, 2.75) is 38.0 Å². The minimum absolute atomic E-state index is 0.0626. The summed E-state index contributed by atoms with van der Waals surface area (Å²) in [5, 5.41) is 13.9. The fraction of sp³-hybridized carbons (Fsp3) is 0.438. The number of nitrogens with one attached hydrogen (secondary N) is 1. The van der Waals surface area contributed by atoms with E-state index < -0.39 is 6.10 Å². The third-order valence-electron chi connectivity index (χ3n) is 4.21. The van der Waals surface area contributed by atoms with Crippen LogP contribution in [0.2, 0.25) is 5.02 Å². The van der Waals surface area contributed by atoms with E-state index in [1.807, 2.05) is 0 Å². The summed E-state index contributed by atoms with van der Waals surface area (Å²) in [6.07, 6.45) is 2.62. The highest BCUT2D eigenvalue weighted by Gasteiger charge is 2.25. The van der Waals surface area contributed by atoms with Gasteiger partial charge >= 0.3 is 0 Å². The molecule has 3 rings (SSSR count).